The number of nitro benzene ring substituents is 1. The van der Waals surface area contributed by atoms with Gasteiger partial charge in [-0.25, -0.2) is 0 Å². The Hall–Kier alpha value is -1.95. The number of nitrogens with zero attached hydrogens (tertiary/aromatic N) is 2. The minimum Gasteiger partial charge on any atom is -0.395 e. The summed E-state index contributed by atoms with van der Waals surface area (Å²) in [4.78, 5) is 24.4. The Balaban J connectivity index is 2.11. The van der Waals surface area contributed by atoms with Gasteiger partial charge in [-0.1, -0.05) is 18.2 Å². The van der Waals surface area contributed by atoms with Crippen molar-refractivity contribution in [3.63, 3.8) is 0 Å². The van der Waals surface area contributed by atoms with Gasteiger partial charge in [-0.2, -0.15) is 0 Å². The highest BCUT2D eigenvalue weighted by atomic mass is 16.6. The molecule has 1 amide bonds. The molecule has 1 aliphatic carbocycles. The average molecular weight is 278 g/mol. The van der Waals surface area contributed by atoms with Crippen LogP contribution in [0.25, 0.3) is 0 Å². The fraction of sp³-hybridized carbons (Fsp3) is 0.500. The van der Waals surface area contributed by atoms with Crippen LogP contribution in [-0.4, -0.2) is 40.0 Å². The normalized spacial score (nSPS) is 14.7. The predicted octanol–water partition coefficient (Wildman–Crippen LogP) is 1.51. The van der Waals surface area contributed by atoms with E-state index in [-0.39, 0.29) is 30.7 Å². The molecule has 1 saturated carbocycles. The number of carbonyl (C=O) groups is 1. The molecule has 2 rings (SSSR count). The minimum atomic E-state index is -0.470. The molecule has 0 radical (unpaired) electrons. The summed E-state index contributed by atoms with van der Waals surface area (Å²) in [6.07, 6.45) is 2.99. The van der Waals surface area contributed by atoms with E-state index in [9.17, 15) is 14.9 Å². The molecule has 0 aromatic heterocycles. The van der Waals surface area contributed by atoms with Crippen LogP contribution in [0.15, 0.2) is 24.3 Å². The summed E-state index contributed by atoms with van der Waals surface area (Å²) in [6.45, 7) is 0.212. The first-order valence-corrected chi connectivity index (χ1v) is 6.76. The smallest absolute Gasteiger partial charge is 0.273 e. The van der Waals surface area contributed by atoms with E-state index in [0.717, 1.165) is 19.3 Å². The molecule has 0 unspecified atom stereocenters. The lowest BCUT2D eigenvalue weighted by Gasteiger charge is -2.37. The molecule has 20 heavy (non-hydrogen) atoms. The number of carbonyl (C=O) groups excluding carboxylic acids is 1. The molecule has 1 aromatic carbocycles. The lowest BCUT2D eigenvalue weighted by molar-refractivity contribution is -0.385. The van der Waals surface area contributed by atoms with Crippen LogP contribution < -0.4 is 0 Å². The van der Waals surface area contributed by atoms with Crippen LogP contribution in [0, 0.1) is 10.1 Å². The van der Waals surface area contributed by atoms with Crippen molar-refractivity contribution in [1.82, 2.24) is 4.90 Å². The van der Waals surface area contributed by atoms with Crippen LogP contribution in [0.5, 0.6) is 0 Å². The number of rotatable bonds is 6. The van der Waals surface area contributed by atoms with Crippen LogP contribution in [-0.2, 0) is 11.2 Å². The highest BCUT2D eigenvalue weighted by molar-refractivity contribution is 5.80. The van der Waals surface area contributed by atoms with Crippen molar-refractivity contribution in [1.29, 1.82) is 0 Å². The summed E-state index contributed by atoms with van der Waals surface area (Å²) < 4.78 is 0. The van der Waals surface area contributed by atoms with Gasteiger partial charge in [0.15, 0.2) is 0 Å². The van der Waals surface area contributed by atoms with Gasteiger partial charge in [0.25, 0.3) is 5.69 Å². The second-order valence-electron chi connectivity index (χ2n) is 4.96. The van der Waals surface area contributed by atoms with Crippen molar-refractivity contribution in [2.24, 2.45) is 0 Å². The van der Waals surface area contributed by atoms with E-state index in [4.69, 9.17) is 5.11 Å². The molecule has 0 aliphatic heterocycles. The minimum absolute atomic E-state index is 0.00759. The van der Waals surface area contributed by atoms with Gasteiger partial charge >= 0.3 is 0 Å². The Morgan fingerprint density at radius 3 is 2.65 bits per heavy atom. The van der Waals surface area contributed by atoms with Crippen molar-refractivity contribution in [2.75, 3.05) is 13.2 Å². The molecule has 0 heterocycles. The number of hydrogen-bond donors (Lipinski definition) is 1. The Morgan fingerprint density at radius 2 is 2.10 bits per heavy atom. The number of aliphatic hydroxyl groups excluding tert-OH is 1. The first-order valence-electron chi connectivity index (χ1n) is 6.76. The first kappa shape index (κ1) is 14.5. The third-order valence-electron chi connectivity index (χ3n) is 3.71. The van der Waals surface area contributed by atoms with Crippen LogP contribution in [0.3, 0.4) is 0 Å². The third kappa shape index (κ3) is 3.14. The lowest BCUT2D eigenvalue weighted by atomic mass is 9.91. The van der Waals surface area contributed by atoms with E-state index in [1.807, 2.05) is 0 Å². The zero-order chi connectivity index (χ0) is 14.5. The second-order valence-corrected chi connectivity index (χ2v) is 4.96. The van der Waals surface area contributed by atoms with Gasteiger partial charge in [-0.3, -0.25) is 14.9 Å². The van der Waals surface area contributed by atoms with Crippen molar-refractivity contribution in [3.8, 4) is 0 Å². The van der Waals surface area contributed by atoms with Crippen molar-refractivity contribution in [2.45, 2.75) is 31.7 Å². The van der Waals surface area contributed by atoms with Gasteiger partial charge in [0, 0.05) is 24.2 Å². The van der Waals surface area contributed by atoms with Crippen LogP contribution in [0.2, 0.25) is 0 Å². The predicted molar refractivity (Wildman–Crippen MR) is 73.2 cm³/mol. The van der Waals surface area contributed by atoms with Gasteiger partial charge in [0.2, 0.25) is 5.91 Å². The van der Waals surface area contributed by atoms with Crippen molar-refractivity contribution < 1.29 is 14.8 Å². The molecule has 6 heteroatoms. The summed E-state index contributed by atoms with van der Waals surface area (Å²) in [5, 5.41) is 20.0. The van der Waals surface area contributed by atoms with E-state index in [1.54, 1.807) is 23.1 Å². The third-order valence-corrected chi connectivity index (χ3v) is 3.71. The number of amides is 1. The molecule has 0 saturated heterocycles. The van der Waals surface area contributed by atoms with Gasteiger partial charge in [0.1, 0.15) is 0 Å². The molecular formula is C14H18N2O4. The Labute approximate surface area is 117 Å². The van der Waals surface area contributed by atoms with Crippen LogP contribution in [0.4, 0.5) is 5.69 Å². The van der Waals surface area contributed by atoms with Crippen molar-refractivity contribution in [3.05, 3.63) is 39.9 Å². The zero-order valence-electron chi connectivity index (χ0n) is 11.2. The molecule has 0 atom stereocenters. The van der Waals surface area contributed by atoms with E-state index in [1.165, 1.54) is 6.07 Å². The maximum atomic E-state index is 12.3. The van der Waals surface area contributed by atoms with E-state index < -0.39 is 4.92 Å². The molecule has 0 spiro atoms. The van der Waals surface area contributed by atoms with E-state index >= 15 is 0 Å². The summed E-state index contributed by atoms with van der Waals surface area (Å²) in [6, 6.07) is 6.47. The van der Waals surface area contributed by atoms with Gasteiger partial charge in [-0.05, 0) is 19.3 Å². The number of hydrogen-bond acceptors (Lipinski definition) is 4. The molecule has 1 aliphatic rings. The topological polar surface area (TPSA) is 83.7 Å². The monoisotopic (exact) mass is 278 g/mol. The number of aliphatic hydroxyl groups is 1. The van der Waals surface area contributed by atoms with Gasteiger partial charge in [-0.15, -0.1) is 0 Å². The standard InChI is InChI=1S/C14H18N2O4/c17-9-8-15(12-5-3-6-12)14(18)10-11-4-1-2-7-13(11)16(19)20/h1-2,4,7,12,17H,3,5-6,8-10H2. The average Bonchev–Trinajstić information content (AvgIpc) is 2.36. The van der Waals surface area contributed by atoms with Crippen molar-refractivity contribution >= 4 is 11.6 Å². The summed E-state index contributed by atoms with van der Waals surface area (Å²) >= 11 is 0. The molecule has 108 valence electrons. The Bertz CT molecular complexity index is 500. The SMILES string of the molecule is O=C(Cc1ccccc1[N+](=O)[O-])N(CCO)C1CCC1. The maximum absolute atomic E-state index is 12.3. The molecule has 1 fully saturated rings. The number of nitro groups is 1. The molecule has 0 bridgehead atoms. The highest BCUT2D eigenvalue weighted by Crippen LogP contribution is 2.26. The Morgan fingerprint density at radius 1 is 1.40 bits per heavy atom. The summed E-state index contributed by atoms with van der Waals surface area (Å²) in [5.41, 5.74) is 0.392. The summed E-state index contributed by atoms with van der Waals surface area (Å²) in [5.74, 6) is -0.155. The fourth-order valence-electron chi connectivity index (χ4n) is 2.42. The van der Waals surface area contributed by atoms with E-state index in [2.05, 4.69) is 0 Å². The zero-order valence-corrected chi connectivity index (χ0v) is 11.2. The molecule has 6 nitrogen and oxygen atoms in total. The fourth-order valence-corrected chi connectivity index (χ4v) is 2.42. The van der Waals surface area contributed by atoms with E-state index in [0.29, 0.717) is 12.1 Å². The molecule has 1 N–H and O–H groups in total. The quantitative estimate of drug-likeness (QED) is 0.631. The van der Waals surface area contributed by atoms with Crippen LogP contribution >= 0.6 is 0 Å². The largest absolute Gasteiger partial charge is 0.395 e. The highest BCUT2D eigenvalue weighted by Gasteiger charge is 2.29. The number of benzene rings is 1. The maximum Gasteiger partial charge on any atom is 0.273 e. The lowest BCUT2D eigenvalue weighted by Crippen LogP contribution is -2.46. The summed E-state index contributed by atoms with van der Waals surface area (Å²) in [7, 11) is 0. The Kier molecular flexibility index (Phi) is 4.68. The number of para-hydroxylation sites is 1. The van der Waals surface area contributed by atoms with Gasteiger partial charge < -0.3 is 10.0 Å². The van der Waals surface area contributed by atoms with Gasteiger partial charge in [0.05, 0.1) is 18.0 Å². The van der Waals surface area contributed by atoms with Crippen LogP contribution in [0.1, 0.15) is 24.8 Å². The first-order chi connectivity index (χ1) is 9.63. The molecular weight excluding hydrogens is 260 g/mol. The second kappa shape index (κ2) is 6.47. The molecule has 1 aromatic rings.